The second-order valence-corrected chi connectivity index (χ2v) is 8.60. The van der Waals surface area contributed by atoms with Crippen molar-refractivity contribution >= 4 is 35.0 Å². The first kappa shape index (κ1) is 25.3. The van der Waals surface area contributed by atoms with Gasteiger partial charge in [-0.25, -0.2) is 17.6 Å². The summed E-state index contributed by atoms with van der Waals surface area (Å²) in [6.07, 6.45) is 2.02. The molecule has 0 saturated carbocycles. The molecule has 0 aliphatic heterocycles. The van der Waals surface area contributed by atoms with Crippen LogP contribution in [0.15, 0.2) is 65.6 Å². The molecule has 0 saturated heterocycles. The predicted octanol–water partition coefficient (Wildman–Crippen LogP) is 6.84. The molecule has 34 heavy (non-hydrogen) atoms. The van der Waals surface area contributed by atoms with Gasteiger partial charge in [0.05, 0.1) is 0 Å². The number of halogens is 4. The molecular formula is C25H22F4N2O2S. The second-order valence-electron chi connectivity index (χ2n) is 7.42. The number of benzene rings is 3. The third-order valence-corrected chi connectivity index (χ3v) is 6.08. The summed E-state index contributed by atoms with van der Waals surface area (Å²) in [6, 6.07) is 15.2. The minimum Gasteiger partial charge on any atom is -0.326 e. The quantitative estimate of drug-likeness (QED) is 0.196. The van der Waals surface area contributed by atoms with E-state index in [9.17, 15) is 27.2 Å². The minimum atomic E-state index is -1.69. The standard InChI is InChI=1S/C25H22F4N2O2S/c1-2-3-12-20(32)30-16-10-7-11-17(13-16)34-24(15-8-5-4-6-9-15)25(33)31-23-21(28)18(26)14-19(27)22(23)29/h4-11,13-14,24H,2-3,12H2,1H3,(H,30,32)(H,31,33). The van der Waals surface area contributed by atoms with Crippen LogP contribution in [0, 0.1) is 23.3 Å². The Hall–Kier alpha value is -3.33. The van der Waals surface area contributed by atoms with Gasteiger partial charge in [0.25, 0.3) is 0 Å². The van der Waals surface area contributed by atoms with Crippen LogP contribution in [-0.2, 0) is 9.59 Å². The maximum absolute atomic E-state index is 14.1. The van der Waals surface area contributed by atoms with E-state index in [-0.39, 0.29) is 12.0 Å². The van der Waals surface area contributed by atoms with Crippen molar-refractivity contribution in [2.24, 2.45) is 0 Å². The number of thioether (sulfide) groups is 1. The van der Waals surface area contributed by atoms with Gasteiger partial charge in [0.2, 0.25) is 11.8 Å². The molecule has 0 aromatic heterocycles. The number of hydrogen-bond acceptors (Lipinski definition) is 3. The van der Waals surface area contributed by atoms with E-state index >= 15 is 0 Å². The molecular weight excluding hydrogens is 468 g/mol. The number of amides is 2. The number of nitrogens with one attached hydrogen (secondary N) is 2. The van der Waals surface area contributed by atoms with Crippen molar-refractivity contribution in [1.29, 1.82) is 0 Å². The lowest BCUT2D eigenvalue weighted by molar-refractivity contribution is -0.116. The highest BCUT2D eigenvalue weighted by Crippen LogP contribution is 2.38. The van der Waals surface area contributed by atoms with Gasteiger partial charge in [-0.15, -0.1) is 11.8 Å². The maximum atomic E-state index is 14.1. The molecule has 0 bridgehead atoms. The Morgan fingerprint density at radius 3 is 2.21 bits per heavy atom. The zero-order chi connectivity index (χ0) is 24.7. The average Bonchev–Trinajstić information content (AvgIpc) is 2.83. The zero-order valence-electron chi connectivity index (χ0n) is 18.2. The molecule has 4 nitrogen and oxygen atoms in total. The van der Waals surface area contributed by atoms with Crippen molar-refractivity contribution in [1.82, 2.24) is 0 Å². The van der Waals surface area contributed by atoms with Crippen LogP contribution in [0.2, 0.25) is 0 Å². The molecule has 178 valence electrons. The van der Waals surface area contributed by atoms with Gasteiger partial charge in [0, 0.05) is 23.1 Å². The molecule has 0 fully saturated rings. The molecule has 0 aliphatic rings. The minimum absolute atomic E-state index is 0.0735. The normalized spacial score (nSPS) is 11.7. The smallest absolute Gasteiger partial charge is 0.242 e. The molecule has 2 amide bonds. The molecule has 2 N–H and O–H groups in total. The molecule has 1 unspecified atom stereocenters. The van der Waals surface area contributed by atoms with Crippen molar-refractivity contribution in [2.45, 2.75) is 36.3 Å². The van der Waals surface area contributed by atoms with Gasteiger partial charge in [-0.05, 0) is 30.2 Å². The van der Waals surface area contributed by atoms with Crippen LogP contribution in [-0.4, -0.2) is 11.8 Å². The van der Waals surface area contributed by atoms with E-state index in [0.29, 0.717) is 22.6 Å². The van der Waals surface area contributed by atoms with Crippen LogP contribution in [0.1, 0.15) is 37.0 Å². The van der Waals surface area contributed by atoms with E-state index in [1.54, 1.807) is 54.6 Å². The van der Waals surface area contributed by atoms with Crippen LogP contribution in [0.5, 0.6) is 0 Å². The van der Waals surface area contributed by atoms with Crippen LogP contribution in [0.25, 0.3) is 0 Å². The highest BCUT2D eigenvalue weighted by molar-refractivity contribution is 8.00. The van der Waals surface area contributed by atoms with Gasteiger partial charge in [-0.3, -0.25) is 9.59 Å². The molecule has 0 heterocycles. The van der Waals surface area contributed by atoms with Crippen molar-refractivity contribution in [3.05, 3.63) is 89.5 Å². The Kier molecular flexibility index (Phi) is 8.70. The number of carbonyl (C=O) groups excluding carboxylic acids is 2. The van der Waals surface area contributed by atoms with Crippen LogP contribution >= 0.6 is 11.8 Å². The van der Waals surface area contributed by atoms with Gasteiger partial charge >= 0.3 is 0 Å². The second kappa shape index (κ2) is 11.7. The monoisotopic (exact) mass is 490 g/mol. The fourth-order valence-electron chi connectivity index (χ4n) is 3.12. The number of rotatable bonds is 9. The lowest BCUT2D eigenvalue weighted by Crippen LogP contribution is -2.21. The lowest BCUT2D eigenvalue weighted by Gasteiger charge is -2.18. The first-order valence-electron chi connectivity index (χ1n) is 10.6. The Morgan fingerprint density at radius 1 is 0.882 bits per heavy atom. The third kappa shape index (κ3) is 6.38. The van der Waals surface area contributed by atoms with Crippen LogP contribution in [0.3, 0.4) is 0 Å². The fraction of sp³-hybridized carbons (Fsp3) is 0.200. The fourth-order valence-corrected chi connectivity index (χ4v) is 4.20. The van der Waals surface area contributed by atoms with Gasteiger partial charge in [-0.1, -0.05) is 49.7 Å². The van der Waals surface area contributed by atoms with Crippen LogP contribution < -0.4 is 10.6 Å². The predicted molar refractivity (Wildman–Crippen MR) is 125 cm³/mol. The summed E-state index contributed by atoms with van der Waals surface area (Å²) in [7, 11) is 0. The van der Waals surface area contributed by atoms with Gasteiger partial charge in [0.1, 0.15) is 10.9 Å². The summed E-state index contributed by atoms with van der Waals surface area (Å²) >= 11 is 1.05. The number of hydrogen-bond donors (Lipinski definition) is 2. The SMILES string of the molecule is CCCCC(=O)Nc1cccc(SC(C(=O)Nc2c(F)c(F)cc(F)c2F)c2ccccc2)c1. The molecule has 1 atom stereocenters. The highest BCUT2D eigenvalue weighted by Gasteiger charge is 2.27. The van der Waals surface area contributed by atoms with Crippen LogP contribution in [0.4, 0.5) is 28.9 Å². The largest absolute Gasteiger partial charge is 0.326 e. The Bertz CT molecular complexity index is 1150. The van der Waals surface area contributed by atoms with E-state index in [2.05, 4.69) is 5.32 Å². The molecule has 9 heteroatoms. The first-order valence-corrected chi connectivity index (χ1v) is 11.4. The Labute approximate surface area is 198 Å². The molecule has 3 rings (SSSR count). The van der Waals surface area contributed by atoms with E-state index in [1.165, 1.54) is 0 Å². The molecule has 0 radical (unpaired) electrons. The maximum Gasteiger partial charge on any atom is 0.242 e. The average molecular weight is 491 g/mol. The summed E-state index contributed by atoms with van der Waals surface area (Å²) in [6.45, 7) is 1.98. The van der Waals surface area contributed by atoms with E-state index in [1.807, 2.05) is 12.2 Å². The molecule has 0 spiro atoms. The van der Waals surface area contributed by atoms with Crippen molar-refractivity contribution in [3.8, 4) is 0 Å². The number of anilines is 2. The van der Waals surface area contributed by atoms with Gasteiger partial charge in [0.15, 0.2) is 23.3 Å². The summed E-state index contributed by atoms with van der Waals surface area (Å²) in [5, 5.41) is 3.76. The van der Waals surface area contributed by atoms with Crippen molar-refractivity contribution in [2.75, 3.05) is 10.6 Å². The summed E-state index contributed by atoms with van der Waals surface area (Å²) in [4.78, 5) is 25.7. The lowest BCUT2D eigenvalue weighted by atomic mass is 10.1. The summed E-state index contributed by atoms with van der Waals surface area (Å²) in [5.41, 5.74) is -0.163. The number of carbonyl (C=O) groups is 2. The molecule has 3 aromatic rings. The van der Waals surface area contributed by atoms with Gasteiger partial charge < -0.3 is 10.6 Å². The van der Waals surface area contributed by atoms with E-state index in [4.69, 9.17) is 0 Å². The molecule has 3 aromatic carbocycles. The zero-order valence-corrected chi connectivity index (χ0v) is 19.0. The van der Waals surface area contributed by atoms with Gasteiger partial charge in [-0.2, -0.15) is 0 Å². The Balaban J connectivity index is 1.87. The van der Waals surface area contributed by atoms with Crippen molar-refractivity contribution < 1.29 is 27.2 Å². The van der Waals surface area contributed by atoms with Crippen molar-refractivity contribution in [3.63, 3.8) is 0 Å². The number of unbranched alkanes of at least 4 members (excludes halogenated alkanes) is 1. The highest BCUT2D eigenvalue weighted by atomic mass is 32.2. The van der Waals surface area contributed by atoms with E-state index < -0.39 is 40.1 Å². The first-order chi connectivity index (χ1) is 16.3. The summed E-state index contributed by atoms with van der Waals surface area (Å²) in [5.74, 6) is -7.65. The molecule has 0 aliphatic carbocycles. The topological polar surface area (TPSA) is 58.2 Å². The third-order valence-electron chi connectivity index (χ3n) is 4.83. The summed E-state index contributed by atoms with van der Waals surface area (Å²) < 4.78 is 55.4. The Morgan fingerprint density at radius 2 is 1.56 bits per heavy atom. The van der Waals surface area contributed by atoms with E-state index in [0.717, 1.165) is 24.6 Å².